The number of hydrogen-bond acceptors (Lipinski definition) is 3. The van der Waals surface area contributed by atoms with Gasteiger partial charge in [0.2, 0.25) is 0 Å². The largest absolute Gasteiger partial charge is 0.397 e. The molecule has 0 radical (unpaired) electrons. The van der Waals surface area contributed by atoms with Gasteiger partial charge in [0.15, 0.2) is 0 Å². The molecular weight excluding hydrogens is 244 g/mol. The van der Waals surface area contributed by atoms with E-state index in [1.165, 1.54) is 11.3 Å². The highest BCUT2D eigenvalue weighted by Gasteiger charge is 2.11. The van der Waals surface area contributed by atoms with Crippen molar-refractivity contribution in [2.24, 2.45) is 0 Å². The maximum atomic E-state index is 11.8. The monoisotopic (exact) mass is 252 g/mol. The molecule has 1 amide bonds. The summed E-state index contributed by atoms with van der Waals surface area (Å²) in [6.07, 6.45) is 0. The van der Waals surface area contributed by atoms with Crippen LogP contribution in [-0.4, -0.2) is 5.91 Å². The maximum Gasteiger partial charge on any atom is 0.267 e. The number of thiophene rings is 1. The summed E-state index contributed by atoms with van der Waals surface area (Å²) in [5.74, 6) is -0.213. The fourth-order valence-electron chi connectivity index (χ4n) is 1.26. The number of anilines is 2. The molecular formula is C11H9ClN2OS. The number of benzene rings is 1. The van der Waals surface area contributed by atoms with Gasteiger partial charge < -0.3 is 11.1 Å². The van der Waals surface area contributed by atoms with Crippen LogP contribution in [0.15, 0.2) is 35.7 Å². The molecule has 1 aromatic heterocycles. The van der Waals surface area contributed by atoms with Crippen LogP contribution >= 0.6 is 22.9 Å². The van der Waals surface area contributed by atoms with E-state index >= 15 is 0 Å². The lowest BCUT2D eigenvalue weighted by Gasteiger charge is -2.04. The minimum atomic E-state index is -0.213. The Hall–Kier alpha value is -1.52. The molecule has 3 N–H and O–H groups in total. The number of hydrogen-bond donors (Lipinski definition) is 2. The Labute approximate surface area is 102 Å². The van der Waals surface area contributed by atoms with E-state index in [1.54, 1.807) is 35.7 Å². The van der Waals surface area contributed by atoms with E-state index in [0.29, 0.717) is 21.3 Å². The lowest BCUT2D eigenvalue weighted by atomic mass is 10.3. The van der Waals surface area contributed by atoms with E-state index in [4.69, 9.17) is 17.3 Å². The zero-order valence-electron chi connectivity index (χ0n) is 8.24. The number of carbonyl (C=O) groups excluding carboxylic acids is 1. The van der Waals surface area contributed by atoms with Crippen LogP contribution in [0.25, 0.3) is 0 Å². The molecule has 0 unspecified atom stereocenters. The second-order valence-electron chi connectivity index (χ2n) is 3.17. The van der Waals surface area contributed by atoms with Gasteiger partial charge in [-0.1, -0.05) is 17.7 Å². The van der Waals surface area contributed by atoms with Crippen LogP contribution in [-0.2, 0) is 0 Å². The van der Waals surface area contributed by atoms with Crippen LogP contribution in [0.2, 0.25) is 5.02 Å². The molecule has 0 bridgehead atoms. The third kappa shape index (κ3) is 2.35. The van der Waals surface area contributed by atoms with Gasteiger partial charge in [-0.25, -0.2) is 0 Å². The average molecular weight is 253 g/mol. The number of nitrogens with two attached hydrogens (primary N) is 1. The summed E-state index contributed by atoms with van der Waals surface area (Å²) in [6.45, 7) is 0. The Morgan fingerprint density at radius 3 is 2.81 bits per heavy atom. The van der Waals surface area contributed by atoms with E-state index in [9.17, 15) is 4.79 Å². The van der Waals surface area contributed by atoms with Gasteiger partial charge in [0, 0.05) is 10.7 Å². The molecule has 0 fully saturated rings. The van der Waals surface area contributed by atoms with E-state index in [0.717, 1.165) is 0 Å². The van der Waals surface area contributed by atoms with Crippen molar-refractivity contribution in [3.05, 3.63) is 45.6 Å². The smallest absolute Gasteiger partial charge is 0.267 e. The van der Waals surface area contributed by atoms with Crippen molar-refractivity contribution in [2.75, 3.05) is 11.1 Å². The zero-order valence-corrected chi connectivity index (χ0v) is 9.81. The molecule has 3 nitrogen and oxygen atoms in total. The summed E-state index contributed by atoms with van der Waals surface area (Å²) in [4.78, 5) is 12.3. The van der Waals surface area contributed by atoms with Gasteiger partial charge in [-0.3, -0.25) is 4.79 Å². The fraction of sp³-hybridized carbons (Fsp3) is 0. The van der Waals surface area contributed by atoms with Gasteiger partial charge in [-0.2, -0.15) is 0 Å². The standard InChI is InChI=1S/C11H9ClN2OS/c12-7-2-1-3-8(6-7)14-11(15)10-9(13)4-5-16-10/h1-6H,13H2,(H,14,15). The first kappa shape index (κ1) is 11.0. The predicted molar refractivity (Wildman–Crippen MR) is 68.1 cm³/mol. The summed E-state index contributed by atoms with van der Waals surface area (Å²) >= 11 is 7.12. The summed E-state index contributed by atoms with van der Waals surface area (Å²) < 4.78 is 0. The molecule has 0 saturated carbocycles. The molecule has 0 saturated heterocycles. The molecule has 2 aromatic rings. The van der Waals surface area contributed by atoms with Gasteiger partial charge in [0.25, 0.3) is 5.91 Å². The van der Waals surface area contributed by atoms with Crippen LogP contribution in [0.4, 0.5) is 11.4 Å². The lowest BCUT2D eigenvalue weighted by molar-refractivity contribution is 0.103. The number of rotatable bonds is 2. The van der Waals surface area contributed by atoms with Crippen molar-refractivity contribution < 1.29 is 4.79 Å². The number of halogens is 1. The molecule has 16 heavy (non-hydrogen) atoms. The second kappa shape index (κ2) is 4.55. The van der Waals surface area contributed by atoms with Crippen LogP contribution in [0, 0.1) is 0 Å². The average Bonchev–Trinajstić information content (AvgIpc) is 2.64. The highest BCUT2D eigenvalue weighted by molar-refractivity contribution is 7.12. The number of nitrogens with one attached hydrogen (secondary N) is 1. The van der Waals surface area contributed by atoms with Crippen LogP contribution < -0.4 is 11.1 Å². The first-order valence-electron chi connectivity index (χ1n) is 4.56. The highest BCUT2D eigenvalue weighted by Crippen LogP contribution is 2.21. The van der Waals surface area contributed by atoms with Gasteiger partial charge in [0.1, 0.15) is 4.88 Å². The topological polar surface area (TPSA) is 55.1 Å². The molecule has 2 rings (SSSR count). The van der Waals surface area contributed by atoms with Gasteiger partial charge in [-0.05, 0) is 29.6 Å². The van der Waals surface area contributed by atoms with E-state index < -0.39 is 0 Å². The van der Waals surface area contributed by atoms with Gasteiger partial charge in [-0.15, -0.1) is 11.3 Å². The third-order valence-corrected chi connectivity index (χ3v) is 3.15. The first-order chi connectivity index (χ1) is 7.66. The summed E-state index contributed by atoms with van der Waals surface area (Å²) in [7, 11) is 0. The molecule has 1 heterocycles. The van der Waals surface area contributed by atoms with Crippen LogP contribution in [0.3, 0.4) is 0 Å². The Morgan fingerprint density at radius 2 is 2.19 bits per heavy atom. The summed E-state index contributed by atoms with van der Waals surface area (Å²) in [6, 6.07) is 8.68. The van der Waals surface area contributed by atoms with E-state index in [-0.39, 0.29) is 5.91 Å². The third-order valence-electron chi connectivity index (χ3n) is 1.98. The van der Waals surface area contributed by atoms with Crippen LogP contribution in [0.1, 0.15) is 9.67 Å². The Morgan fingerprint density at radius 1 is 1.38 bits per heavy atom. The van der Waals surface area contributed by atoms with Crippen molar-refractivity contribution in [1.29, 1.82) is 0 Å². The van der Waals surface area contributed by atoms with Crippen molar-refractivity contribution >= 4 is 40.2 Å². The van der Waals surface area contributed by atoms with Gasteiger partial charge >= 0.3 is 0 Å². The molecule has 5 heteroatoms. The maximum absolute atomic E-state index is 11.8. The highest BCUT2D eigenvalue weighted by atomic mass is 35.5. The number of carbonyl (C=O) groups is 1. The lowest BCUT2D eigenvalue weighted by Crippen LogP contribution is -2.11. The molecule has 0 aliphatic heterocycles. The molecule has 0 spiro atoms. The first-order valence-corrected chi connectivity index (χ1v) is 5.82. The fourth-order valence-corrected chi connectivity index (χ4v) is 2.16. The molecule has 0 aliphatic rings. The van der Waals surface area contributed by atoms with E-state index in [2.05, 4.69) is 5.32 Å². The Balaban J connectivity index is 2.17. The Kier molecular flexibility index (Phi) is 3.12. The predicted octanol–water partition coefficient (Wildman–Crippen LogP) is 3.24. The summed E-state index contributed by atoms with van der Waals surface area (Å²) in [5, 5.41) is 5.09. The molecule has 1 aromatic carbocycles. The van der Waals surface area contributed by atoms with Crippen molar-refractivity contribution in [2.45, 2.75) is 0 Å². The normalized spacial score (nSPS) is 10.1. The SMILES string of the molecule is Nc1ccsc1C(=O)Nc1cccc(Cl)c1. The van der Waals surface area contributed by atoms with Gasteiger partial charge in [0.05, 0.1) is 5.69 Å². The van der Waals surface area contributed by atoms with Crippen molar-refractivity contribution in [3.63, 3.8) is 0 Å². The minimum Gasteiger partial charge on any atom is -0.397 e. The summed E-state index contributed by atoms with van der Waals surface area (Å²) in [5.41, 5.74) is 6.80. The second-order valence-corrected chi connectivity index (χ2v) is 4.52. The zero-order chi connectivity index (χ0) is 11.5. The molecule has 0 atom stereocenters. The van der Waals surface area contributed by atoms with Crippen molar-refractivity contribution in [1.82, 2.24) is 0 Å². The van der Waals surface area contributed by atoms with Crippen molar-refractivity contribution in [3.8, 4) is 0 Å². The van der Waals surface area contributed by atoms with E-state index in [1.807, 2.05) is 0 Å². The van der Waals surface area contributed by atoms with Crippen LogP contribution in [0.5, 0.6) is 0 Å². The molecule has 82 valence electrons. The Bertz CT molecular complexity index is 524. The number of nitrogen functional groups attached to an aromatic ring is 1. The molecule has 0 aliphatic carbocycles. The minimum absolute atomic E-state index is 0.213. The number of amides is 1. The quantitative estimate of drug-likeness (QED) is 0.862.